The fraction of sp³-hybridized carbons (Fsp3) is 0.615. The Morgan fingerprint density at radius 2 is 2.33 bits per heavy atom. The third-order valence-electron chi connectivity index (χ3n) is 3.86. The molecule has 1 aromatic heterocycles. The maximum absolute atomic E-state index is 12.6. The molecule has 1 fully saturated rings. The average molecular weight is 269 g/mol. The summed E-state index contributed by atoms with van der Waals surface area (Å²) >= 11 is 6.23. The summed E-state index contributed by atoms with van der Waals surface area (Å²) in [5, 5.41) is 0.555. The minimum absolute atomic E-state index is 0.0677. The van der Waals surface area contributed by atoms with Crippen molar-refractivity contribution in [2.75, 3.05) is 13.2 Å². The van der Waals surface area contributed by atoms with Crippen LogP contribution in [-0.2, 0) is 17.9 Å². The zero-order valence-corrected chi connectivity index (χ0v) is 11.2. The van der Waals surface area contributed by atoms with Gasteiger partial charge in [0.05, 0.1) is 18.2 Å². The van der Waals surface area contributed by atoms with E-state index in [-0.39, 0.29) is 5.91 Å². The van der Waals surface area contributed by atoms with Gasteiger partial charge in [-0.2, -0.15) is 0 Å². The molecule has 1 amide bonds. The number of nitrogens with zero attached hydrogens (tertiary/aromatic N) is 2. The summed E-state index contributed by atoms with van der Waals surface area (Å²) in [5.74, 6) is 0.0677. The van der Waals surface area contributed by atoms with Crippen molar-refractivity contribution in [3.05, 3.63) is 22.5 Å². The van der Waals surface area contributed by atoms with Gasteiger partial charge in [0.1, 0.15) is 5.69 Å². The fourth-order valence-electron chi connectivity index (χ4n) is 2.86. The van der Waals surface area contributed by atoms with Crippen LogP contribution in [0.15, 0.2) is 6.07 Å². The van der Waals surface area contributed by atoms with Crippen LogP contribution in [-0.4, -0.2) is 34.6 Å². The topological polar surface area (TPSA) is 34.5 Å². The molecule has 0 spiro atoms. The van der Waals surface area contributed by atoms with Gasteiger partial charge >= 0.3 is 0 Å². The van der Waals surface area contributed by atoms with Gasteiger partial charge in [0, 0.05) is 24.8 Å². The molecule has 0 aromatic carbocycles. The summed E-state index contributed by atoms with van der Waals surface area (Å²) in [5.41, 5.74) is 1.64. The van der Waals surface area contributed by atoms with E-state index >= 15 is 0 Å². The van der Waals surface area contributed by atoms with Gasteiger partial charge in [0.25, 0.3) is 5.91 Å². The first-order valence-corrected chi connectivity index (χ1v) is 6.83. The van der Waals surface area contributed by atoms with Crippen LogP contribution in [0.3, 0.4) is 0 Å². The molecule has 1 atom stereocenters. The first-order chi connectivity index (χ1) is 8.68. The standard InChI is InChI=1S/C13H17ClN2O2/c1-9-3-2-4-15(9)13(17)12-11(14)7-10-8-18-6-5-16(10)12/h7,9H,2-6,8H2,1H3/t9-/m0/s1. The predicted octanol–water partition coefficient (Wildman–Crippen LogP) is 2.30. The molecule has 4 nitrogen and oxygen atoms in total. The van der Waals surface area contributed by atoms with Crippen molar-refractivity contribution in [1.29, 1.82) is 0 Å². The van der Waals surface area contributed by atoms with Crippen LogP contribution in [0.1, 0.15) is 35.9 Å². The largest absolute Gasteiger partial charge is 0.373 e. The molecule has 3 heterocycles. The molecule has 3 rings (SSSR count). The number of halogens is 1. The Morgan fingerprint density at radius 3 is 3.06 bits per heavy atom. The Morgan fingerprint density at radius 1 is 1.50 bits per heavy atom. The van der Waals surface area contributed by atoms with Crippen LogP contribution in [0.4, 0.5) is 0 Å². The molecule has 0 unspecified atom stereocenters. The van der Waals surface area contributed by atoms with Crippen molar-refractivity contribution >= 4 is 17.5 Å². The number of fused-ring (bicyclic) bond motifs is 1. The lowest BCUT2D eigenvalue weighted by atomic mass is 10.2. The number of ether oxygens (including phenoxy) is 1. The van der Waals surface area contributed by atoms with E-state index in [1.165, 1.54) is 0 Å². The Balaban J connectivity index is 1.96. The summed E-state index contributed by atoms with van der Waals surface area (Å²) in [6, 6.07) is 2.17. The van der Waals surface area contributed by atoms with Gasteiger partial charge in [0.2, 0.25) is 0 Å². The molecule has 5 heteroatoms. The third kappa shape index (κ3) is 1.84. The molecule has 98 valence electrons. The van der Waals surface area contributed by atoms with E-state index in [1.54, 1.807) is 0 Å². The molecule has 0 saturated carbocycles. The Hall–Kier alpha value is -1.00. The average Bonchev–Trinajstić information content (AvgIpc) is 2.91. The van der Waals surface area contributed by atoms with Gasteiger partial charge in [0.15, 0.2) is 0 Å². The van der Waals surface area contributed by atoms with Gasteiger partial charge < -0.3 is 14.2 Å². The van der Waals surface area contributed by atoms with Crippen LogP contribution in [0.5, 0.6) is 0 Å². The minimum atomic E-state index is 0.0677. The lowest BCUT2D eigenvalue weighted by Crippen LogP contribution is -2.36. The summed E-state index contributed by atoms with van der Waals surface area (Å²) < 4.78 is 7.40. The molecule has 0 N–H and O–H groups in total. The van der Waals surface area contributed by atoms with Gasteiger partial charge in [-0.05, 0) is 25.8 Å². The normalized spacial score (nSPS) is 23.2. The summed E-state index contributed by atoms with van der Waals surface area (Å²) in [7, 11) is 0. The summed E-state index contributed by atoms with van der Waals surface area (Å²) in [4.78, 5) is 14.5. The first-order valence-electron chi connectivity index (χ1n) is 6.45. The second-order valence-electron chi connectivity index (χ2n) is 5.03. The molecule has 1 saturated heterocycles. The number of hydrogen-bond acceptors (Lipinski definition) is 2. The third-order valence-corrected chi connectivity index (χ3v) is 4.15. The highest BCUT2D eigenvalue weighted by Gasteiger charge is 2.31. The fourth-order valence-corrected chi connectivity index (χ4v) is 3.17. The lowest BCUT2D eigenvalue weighted by Gasteiger charge is -2.24. The van der Waals surface area contributed by atoms with E-state index in [1.807, 2.05) is 15.5 Å². The second-order valence-corrected chi connectivity index (χ2v) is 5.43. The van der Waals surface area contributed by atoms with Gasteiger partial charge in [-0.15, -0.1) is 0 Å². The highest BCUT2D eigenvalue weighted by Crippen LogP contribution is 2.28. The molecular weight excluding hydrogens is 252 g/mol. The first kappa shape index (κ1) is 12.1. The number of carbonyl (C=O) groups excluding carboxylic acids is 1. The van der Waals surface area contributed by atoms with Crippen molar-refractivity contribution in [3.63, 3.8) is 0 Å². The van der Waals surface area contributed by atoms with E-state index in [2.05, 4.69) is 6.92 Å². The zero-order valence-electron chi connectivity index (χ0n) is 10.5. The van der Waals surface area contributed by atoms with Crippen molar-refractivity contribution < 1.29 is 9.53 Å². The monoisotopic (exact) mass is 268 g/mol. The molecular formula is C13H17ClN2O2. The highest BCUT2D eigenvalue weighted by atomic mass is 35.5. The number of aromatic nitrogens is 1. The quantitative estimate of drug-likeness (QED) is 0.783. The number of rotatable bonds is 1. The molecule has 0 bridgehead atoms. The molecule has 2 aliphatic heterocycles. The van der Waals surface area contributed by atoms with Crippen molar-refractivity contribution in [3.8, 4) is 0 Å². The number of amides is 1. The van der Waals surface area contributed by atoms with Crippen LogP contribution in [0.25, 0.3) is 0 Å². The number of carbonyl (C=O) groups is 1. The Kier molecular flexibility index (Phi) is 3.08. The van der Waals surface area contributed by atoms with Crippen molar-refractivity contribution in [2.45, 2.75) is 39.0 Å². The SMILES string of the molecule is C[C@H]1CCCN1C(=O)c1c(Cl)cc2n1CCOC2. The van der Waals surface area contributed by atoms with Crippen LogP contribution < -0.4 is 0 Å². The molecule has 2 aliphatic rings. The van der Waals surface area contributed by atoms with E-state index in [4.69, 9.17) is 16.3 Å². The van der Waals surface area contributed by atoms with Crippen LogP contribution in [0, 0.1) is 0 Å². The zero-order chi connectivity index (χ0) is 12.7. The maximum Gasteiger partial charge on any atom is 0.272 e. The summed E-state index contributed by atoms with van der Waals surface area (Å²) in [6.07, 6.45) is 2.17. The Bertz CT molecular complexity index is 484. The second kappa shape index (κ2) is 4.59. The summed E-state index contributed by atoms with van der Waals surface area (Å²) in [6.45, 7) is 4.84. The Labute approximate surface area is 111 Å². The lowest BCUT2D eigenvalue weighted by molar-refractivity contribution is 0.0690. The van der Waals surface area contributed by atoms with Crippen molar-refractivity contribution in [1.82, 2.24) is 9.47 Å². The minimum Gasteiger partial charge on any atom is -0.373 e. The highest BCUT2D eigenvalue weighted by molar-refractivity contribution is 6.33. The van der Waals surface area contributed by atoms with E-state index in [9.17, 15) is 4.79 Å². The molecule has 0 aliphatic carbocycles. The van der Waals surface area contributed by atoms with Crippen LogP contribution >= 0.6 is 11.6 Å². The molecule has 18 heavy (non-hydrogen) atoms. The molecule has 0 radical (unpaired) electrons. The maximum atomic E-state index is 12.6. The predicted molar refractivity (Wildman–Crippen MR) is 68.8 cm³/mol. The smallest absolute Gasteiger partial charge is 0.272 e. The number of likely N-dealkylation sites (tertiary alicyclic amines) is 1. The van der Waals surface area contributed by atoms with Crippen molar-refractivity contribution in [2.24, 2.45) is 0 Å². The van der Waals surface area contributed by atoms with E-state index in [0.29, 0.717) is 36.5 Å². The van der Waals surface area contributed by atoms with Gasteiger partial charge in [-0.25, -0.2) is 0 Å². The molecule has 1 aromatic rings. The van der Waals surface area contributed by atoms with Crippen LogP contribution in [0.2, 0.25) is 5.02 Å². The van der Waals surface area contributed by atoms with E-state index in [0.717, 1.165) is 25.1 Å². The van der Waals surface area contributed by atoms with Gasteiger partial charge in [-0.3, -0.25) is 4.79 Å². The van der Waals surface area contributed by atoms with Gasteiger partial charge in [-0.1, -0.05) is 11.6 Å². The number of hydrogen-bond donors (Lipinski definition) is 0. The van der Waals surface area contributed by atoms with E-state index < -0.39 is 0 Å².